The van der Waals surface area contributed by atoms with Crippen molar-refractivity contribution >= 4 is 11.9 Å². The van der Waals surface area contributed by atoms with Crippen molar-refractivity contribution in [3.05, 3.63) is 0 Å². The van der Waals surface area contributed by atoms with Gasteiger partial charge in [-0.1, -0.05) is 59.3 Å². The van der Waals surface area contributed by atoms with Crippen LogP contribution in [0.3, 0.4) is 0 Å². The maximum absolute atomic E-state index is 11.4. The molecule has 0 spiro atoms. The Labute approximate surface area is 118 Å². The number of ether oxygens (including phenoxy) is 1. The van der Waals surface area contributed by atoms with Gasteiger partial charge in [-0.15, -0.1) is 0 Å². The first-order valence-electron chi connectivity index (χ1n) is 7.79. The Hall–Kier alpha value is -0.860. The van der Waals surface area contributed by atoms with E-state index in [2.05, 4.69) is 6.92 Å². The predicted octanol–water partition coefficient (Wildman–Crippen LogP) is 4.63. The van der Waals surface area contributed by atoms with Crippen molar-refractivity contribution in [2.75, 3.05) is 0 Å². The lowest BCUT2D eigenvalue weighted by Crippen LogP contribution is -2.12. The van der Waals surface area contributed by atoms with Gasteiger partial charge in [-0.3, -0.25) is 9.59 Å². The van der Waals surface area contributed by atoms with E-state index in [4.69, 9.17) is 4.74 Å². The molecule has 0 bridgehead atoms. The number of esters is 2. The Morgan fingerprint density at radius 1 is 0.842 bits per heavy atom. The second-order valence-electron chi connectivity index (χ2n) is 5.65. The molecule has 0 aliphatic carbocycles. The summed E-state index contributed by atoms with van der Waals surface area (Å²) in [4.78, 5) is 22.7. The summed E-state index contributed by atoms with van der Waals surface area (Å²) in [5.74, 6) is -0.269. The van der Waals surface area contributed by atoms with E-state index in [1.54, 1.807) is 0 Å². The van der Waals surface area contributed by atoms with Crippen molar-refractivity contribution in [1.29, 1.82) is 0 Å². The Morgan fingerprint density at radius 2 is 1.37 bits per heavy atom. The fourth-order valence-electron chi connectivity index (χ4n) is 1.86. The minimum absolute atomic E-state index is 0.348. The summed E-state index contributed by atoms with van der Waals surface area (Å²) >= 11 is 0. The first-order valence-corrected chi connectivity index (χ1v) is 7.79. The second-order valence-corrected chi connectivity index (χ2v) is 5.65. The van der Waals surface area contributed by atoms with E-state index in [9.17, 15) is 9.59 Å². The van der Waals surface area contributed by atoms with Crippen LogP contribution in [-0.2, 0) is 14.3 Å². The van der Waals surface area contributed by atoms with Crippen molar-refractivity contribution in [2.45, 2.75) is 85.0 Å². The molecule has 19 heavy (non-hydrogen) atoms. The van der Waals surface area contributed by atoms with Gasteiger partial charge in [0.05, 0.1) is 0 Å². The molecule has 0 aliphatic heterocycles. The van der Waals surface area contributed by atoms with Gasteiger partial charge >= 0.3 is 11.9 Å². The first-order chi connectivity index (χ1) is 9.06. The molecule has 0 radical (unpaired) electrons. The van der Waals surface area contributed by atoms with Crippen LogP contribution < -0.4 is 0 Å². The molecule has 0 atom stereocenters. The van der Waals surface area contributed by atoms with Crippen LogP contribution in [0, 0.1) is 5.92 Å². The average Bonchev–Trinajstić information content (AvgIpc) is 2.35. The summed E-state index contributed by atoms with van der Waals surface area (Å²) in [6.07, 6.45) is 9.66. The van der Waals surface area contributed by atoms with Gasteiger partial charge in [0.2, 0.25) is 0 Å². The van der Waals surface area contributed by atoms with Crippen molar-refractivity contribution in [3.63, 3.8) is 0 Å². The lowest BCUT2D eigenvalue weighted by Gasteiger charge is -2.05. The summed E-state index contributed by atoms with van der Waals surface area (Å²) in [6.45, 7) is 6.30. The van der Waals surface area contributed by atoms with Crippen LogP contribution in [0.1, 0.15) is 85.0 Å². The van der Waals surface area contributed by atoms with Crippen LogP contribution in [0.15, 0.2) is 0 Å². The number of carbonyl (C=O) groups is 2. The number of hydrogen-bond acceptors (Lipinski definition) is 3. The van der Waals surface area contributed by atoms with Crippen molar-refractivity contribution in [2.24, 2.45) is 5.92 Å². The zero-order chi connectivity index (χ0) is 14.5. The zero-order valence-corrected chi connectivity index (χ0v) is 12.9. The van der Waals surface area contributed by atoms with Crippen LogP contribution >= 0.6 is 0 Å². The monoisotopic (exact) mass is 270 g/mol. The van der Waals surface area contributed by atoms with Crippen LogP contribution in [0.2, 0.25) is 0 Å². The highest BCUT2D eigenvalue weighted by Crippen LogP contribution is 2.09. The molecule has 0 unspecified atom stereocenters. The smallest absolute Gasteiger partial charge is 0.313 e. The number of unbranched alkanes of at least 4 members (excludes halogenated alkanes) is 6. The van der Waals surface area contributed by atoms with Crippen LogP contribution in [0.25, 0.3) is 0 Å². The molecule has 0 saturated heterocycles. The number of rotatable bonds is 11. The normalized spacial score (nSPS) is 10.7. The Balaban J connectivity index is 3.41. The molecule has 3 nitrogen and oxygen atoms in total. The van der Waals surface area contributed by atoms with Gasteiger partial charge in [-0.05, 0) is 18.8 Å². The third-order valence-corrected chi connectivity index (χ3v) is 3.14. The van der Waals surface area contributed by atoms with E-state index in [0.717, 1.165) is 19.3 Å². The fourth-order valence-corrected chi connectivity index (χ4v) is 1.86. The number of carbonyl (C=O) groups excluding carboxylic acids is 2. The van der Waals surface area contributed by atoms with E-state index in [1.165, 1.54) is 32.1 Å². The number of hydrogen-bond donors (Lipinski definition) is 0. The van der Waals surface area contributed by atoms with Crippen LogP contribution in [0.5, 0.6) is 0 Å². The topological polar surface area (TPSA) is 43.4 Å². The van der Waals surface area contributed by atoms with Gasteiger partial charge in [-0.25, -0.2) is 0 Å². The van der Waals surface area contributed by atoms with Crippen molar-refractivity contribution in [3.8, 4) is 0 Å². The molecule has 0 fully saturated rings. The van der Waals surface area contributed by atoms with Gasteiger partial charge in [0.15, 0.2) is 0 Å². The lowest BCUT2D eigenvalue weighted by atomic mass is 10.1. The summed E-state index contributed by atoms with van der Waals surface area (Å²) in [5, 5.41) is 0. The molecule has 0 aromatic heterocycles. The third-order valence-electron chi connectivity index (χ3n) is 3.14. The van der Waals surface area contributed by atoms with Gasteiger partial charge in [-0.2, -0.15) is 0 Å². The summed E-state index contributed by atoms with van der Waals surface area (Å²) < 4.78 is 4.77. The Kier molecular flexibility index (Phi) is 11.6. The molecule has 0 N–H and O–H groups in total. The van der Waals surface area contributed by atoms with Crippen LogP contribution in [0.4, 0.5) is 0 Å². The Bertz CT molecular complexity index is 246. The summed E-state index contributed by atoms with van der Waals surface area (Å²) in [5.41, 5.74) is 0. The molecule has 0 heterocycles. The molecular formula is C16H30O3. The van der Waals surface area contributed by atoms with Gasteiger partial charge < -0.3 is 4.74 Å². The standard InChI is InChI=1S/C16H30O3/c1-4-5-6-7-8-9-10-11-15(17)19-16(18)13-12-14(2)3/h14H,4-13H2,1-3H3. The first kappa shape index (κ1) is 18.1. The zero-order valence-electron chi connectivity index (χ0n) is 12.9. The second kappa shape index (κ2) is 12.2. The van der Waals surface area contributed by atoms with Crippen molar-refractivity contribution < 1.29 is 14.3 Å². The molecule has 0 aromatic carbocycles. The highest BCUT2D eigenvalue weighted by atomic mass is 16.6. The van der Waals surface area contributed by atoms with Crippen molar-refractivity contribution in [1.82, 2.24) is 0 Å². The van der Waals surface area contributed by atoms with E-state index in [1.807, 2.05) is 13.8 Å². The van der Waals surface area contributed by atoms with Gasteiger partial charge in [0.1, 0.15) is 0 Å². The van der Waals surface area contributed by atoms with E-state index >= 15 is 0 Å². The Morgan fingerprint density at radius 3 is 1.95 bits per heavy atom. The molecule has 0 aliphatic rings. The maximum atomic E-state index is 11.4. The summed E-state index contributed by atoms with van der Waals surface area (Å²) in [7, 11) is 0. The highest BCUT2D eigenvalue weighted by molar-refractivity contribution is 5.85. The molecule has 112 valence electrons. The minimum atomic E-state index is -0.373. The molecule has 3 heteroatoms. The largest absolute Gasteiger partial charge is 0.393 e. The van der Waals surface area contributed by atoms with Gasteiger partial charge in [0.25, 0.3) is 0 Å². The highest BCUT2D eigenvalue weighted by Gasteiger charge is 2.10. The molecule has 0 aromatic rings. The van der Waals surface area contributed by atoms with Gasteiger partial charge in [0, 0.05) is 12.8 Å². The quantitative estimate of drug-likeness (QED) is 0.312. The molecular weight excluding hydrogens is 240 g/mol. The third kappa shape index (κ3) is 13.4. The molecule has 0 saturated carbocycles. The van der Waals surface area contributed by atoms with E-state index < -0.39 is 0 Å². The van der Waals surface area contributed by atoms with Crippen LogP contribution in [-0.4, -0.2) is 11.9 Å². The van der Waals surface area contributed by atoms with E-state index in [0.29, 0.717) is 18.8 Å². The summed E-state index contributed by atoms with van der Waals surface area (Å²) in [6, 6.07) is 0. The SMILES string of the molecule is CCCCCCCCCC(=O)OC(=O)CCC(C)C. The lowest BCUT2D eigenvalue weighted by molar-refractivity contribution is -0.159. The maximum Gasteiger partial charge on any atom is 0.313 e. The molecule has 0 rings (SSSR count). The van der Waals surface area contributed by atoms with E-state index in [-0.39, 0.29) is 11.9 Å². The minimum Gasteiger partial charge on any atom is -0.393 e. The average molecular weight is 270 g/mol. The molecule has 0 amide bonds. The fraction of sp³-hybridized carbons (Fsp3) is 0.875. The predicted molar refractivity (Wildman–Crippen MR) is 77.8 cm³/mol.